The van der Waals surface area contributed by atoms with Gasteiger partial charge in [-0.15, -0.1) is 0 Å². The Hall–Kier alpha value is -1.97. The molecule has 2 aromatic rings. The van der Waals surface area contributed by atoms with Crippen molar-refractivity contribution >= 4 is 16.9 Å². The number of hydrogen-bond donors (Lipinski definition) is 2. The van der Waals surface area contributed by atoms with E-state index in [1.807, 2.05) is 24.4 Å². The van der Waals surface area contributed by atoms with Crippen LogP contribution in [0, 0.1) is 5.92 Å². The van der Waals surface area contributed by atoms with Gasteiger partial charge in [0.05, 0.1) is 13.5 Å². The van der Waals surface area contributed by atoms with Crippen LogP contribution in [0.15, 0.2) is 24.4 Å². The third-order valence-electron chi connectivity index (χ3n) is 3.90. The number of carboxylic acid groups (broad SMARTS) is 1. The average molecular weight is 259 g/mol. The van der Waals surface area contributed by atoms with Crippen LogP contribution in [0.4, 0.5) is 0 Å². The van der Waals surface area contributed by atoms with E-state index in [9.17, 15) is 4.79 Å². The monoisotopic (exact) mass is 259 g/mol. The third kappa shape index (κ3) is 2.18. The molecule has 1 aromatic heterocycles. The number of rotatable bonds is 5. The van der Waals surface area contributed by atoms with E-state index in [0.717, 1.165) is 35.1 Å². The summed E-state index contributed by atoms with van der Waals surface area (Å²) in [5.74, 6) is 0.623. The smallest absolute Gasteiger partial charge is 0.303 e. The Kier molecular flexibility index (Phi) is 2.93. The zero-order chi connectivity index (χ0) is 13.4. The minimum atomic E-state index is -0.742. The van der Waals surface area contributed by atoms with E-state index >= 15 is 0 Å². The number of ether oxygens (including phenoxy) is 1. The Labute approximate surface area is 111 Å². The SMILES string of the molecule is COc1c(C(CC(=O)O)C2CC2)ccc2[nH]ccc12. The van der Waals surface area contributed by atoms with Crippen LogP contribution in [-0.4, -0.2) is 23.2 Å². The van der Waals surface area contributed by atoms with Crippen LogP contribution in [0.5, 0.6) is 5.75 Å². The van der Waals surface area contributed by atoms with Gasteiger partial charge in [-0.2, -0.15) is 0 Å². The quantitative estimate of drug-likeness (QED) is 0.867. The van der Waals surface area contributed by atoms with Gasteiger partial charge in [-0.1, -0.05) is 6.07 Å². The molecule has 4 heteroatoms. The molecule has 0 amide bonds. The van der Waals surface area contributed by atoms with E-state index in [0.29, 0.717) is 5.92 Å². The number of carboxylic acids is 1. The fourth-order valence-corrected chi connectivity index (χ4v) is 2.86. The normalized spacial score (nSPS) is 16.5. The van der Waals surface area contributed by atoms with Gasteiger partial charge in [0.2, 0.25) is 0 Å². The van der Waals surface area contributed by atoms with Crippen molar-refractivity contribution in [2.45, 2.75) is 25.2 Å². The number of fused-ring (bicyclic) bond motifs is 1. The Bertz CT molecular complexity index is 613. The van der Waals surface area contributed by atoms with E-state index in [2.05, 4.69) is 4.98 Å². The van der Waals surface area contributed by atoms with Crippen LogP contribution >= 0.6 is 0 Å². The Morgan fingerprint density at radius 2 is 2.26 bits per heavy atom. The van der Waals surface area contributed by atoms with Crippen molar-refractivity contribution in [3.05, 3.63) is 30.0 Å². The van der Waals surface area contributed by atoms with Gasteiger partial charge in [-0.05, 0) is 36.5 Å². The molecular formula is C15H17NO3. The van der Waals surface area contributed by atoms with Gasteiger partial charge in [0, 0.05) is 23.0 Å². The van der Waals surface area contributed by atoms with Crippen molar-refractivity contribution in [2.75, 3.05) is 7.11 Å². The molecule has 19 heavy (non-hydrogen) atoms. The second kappa shape index (κ2) is 4.61. The van der Waals surface area contributed by atoms with E-state index in [1.54, 1.807) is 7.11 Å². The molecule has 1 atom stereocenters. The maximum atomic E-state index is 11.1. The van der Waals surface area contributed by atoms with Crippen molar-refractivity contribution < 1.29 is 14.6 Å². The molecule has 0 radical (unpaired) electrons. The van der Waals surface area contributed by atoms with Gasteiger partial charge in [0.1, 0.15) is 5.75 Å². The highest BCUT2D eigenvalue weighted by Crippen LogP contribution is 2.48. The Balaban J connectivity index is 2.08. The number of nitrogens with one attached hydrogen (secondary N) is 1. The summed E-state index contributed by atoms with van der Waals surface area (Å²) in [6.07, 6.45) is 4.29. The number of carbonyl (C=O) groups is 1. The number of aliphatic carboxylic acids is 1. The summed E-state index contributed by atoms with van der Waals surface area (Å²) in [5, 5.41) is 10.1. The van der Waals surface area contributed by atoms with Crippen molar-refractivity contribution in [1.82, 2.24) is 4.98 Å². The lowest BCUT2D eigenvalue weighted by atomic mass is 9.89. The molecule has 4 nitrogen and oxygen atoms in total. The molecule has 1 fully saturated rings. The first kappa shape index (κ1) is 12.1. The molecule has 2 N–H and O–H groups in total. The van der Waals surface area contributed by atoms with Crippen molar-refractivity contribution in [3.8, 4) is 5.75 Å². The maximum absolute atomic E-state index is 11.1. The third-order valence-corrected chi connectivity index (χ3v) is 3.90. The van der Waals surface area contributed by atoms with Crippen LogP contribution in [-0.2, 0) is 4.79 Å². The van der Waals surface area contributed by atoms with E-state index in [4.69, 9.17) is 9.84 Å². The van der Waals surface area contributed by atoms with E-state index in [-0.39, 0.29) is 12.3 Å². The number of benzene rings is 1. The molecule has 1 aliphatic rings. The number of aromatic amines is 1. The van der Waals surface area contributed by atoms with Crippen molar-refractivity contribution in [3.63, 3.8) is 0 Å². The summed E-state index contributed by atoms with van der Waals surface area (Å²) in [6, 6.07) is 5.98. The number of hydrogen-bond acceptors (Lipinski definition) is 2. The van der Waals surface area contributed by atoms with Crippen LogP contribution in [0.25, 0.3) is 10.9 Å². The minimum absolute atomic E-state index is 0.0618. The van der Waals surface area contributed by atoms with E-state index in [1.165, 1.54) is 0 Å². The molecule has 0 aliphatic heterocycles. The fraction of sp³-hybridized carbons (Fsp3) is 0.400. The summed E-state index contributed by atoms with van der Waals surface area (Å²) < 4.78 is 5.54. The zero-order valence-corrected chi connectivity index (χ0v) is 10.8. The van der Waals surface area contributed by atoms with Gasteiger partial charge >= 0.3 is 5.97 Å². The van der Waals surface area contributed by atoms with Crippen LogP contribution in [0.3, 0.4) is 0 Å². The zero-order valence-electron chi connectivity index (χ0n) is 10.8. The second-order valence-corrected chi connectivity index (χ2v) is 5.17. The number of methoxy groups -OCH3 is 1. The number of H-pyrrole nitrogens is 1. The first-order chi connectivity index (χ1) is 9.20. The summed E-state index contributed by atoms with van der Waals surface area (Å²) in [4.78, 5) is 14.2. The molecular weight excluding hydrogens is 242 g/mol. The van der Waals surface area contributed by atoms with Gasteiger partial charge in [0.25, 0.3) is 0 Å². The standard InChI is InChI=1S/C15H17NO3/c1-19-15-10(4-5-13-11(15)6-7-16-13)12(8-14(17)18)9-2-3-9/h4-7,9,12,16H,2-3,8H2,1H3,(H,17,18). The maximum Gasteiger partial charge on any atom is 0.303 e. The molecule has 100 valence electrons. The highest BCUT2D eigenvalue weighted by atomic mass is 16.5. The number of aromatic nitrogens is 1. The molecule has 0 spiro atoms. The predicted molar refractivity (Wildman–Crippen MR) is 72.6 cm³/mol. The van der Waals surface area contributed by atoms with Crippen LogP contribution in [0.2, 0.25) is 0 Å². The molecule has 1 heterocycles. The topological polar surface area (TPSA) is 62.3 Å². The molecule has 1 saturated carbocycles. The molecule has 3 rings (SSSR count). The van der Waals surface area contributed by atoms with Gasteiger partial charge in [-0.25, -0.2) is 0 Å². The summed E-state index contributed by atoms with van der Waals surface area (Å²) in [7, 11) is 1.65. The fourth-order valence-electron chi connectivity index (χ4n) is 2.86. The summed E-state index contributed by atoms with van der Waals surface area (Å²) in [6.45, 7) is 0. The van der Waals surface area contributed by atoms with Gasteiger partial charge in [0.15, 0.2) is 0 Å². The molecule has 1 aromatic carbocycles. The lowest BCUT2D eigenvalue weighted by Gasteiger charge is -2.18. The molecule has 1 aliphatic carbocycles. The van der Waals surface area contributed by atoms with Gasteiger partial charge in [-0.3, -0.25) is 4.79 Å². The van der Waals surface area contributed by atoms with Gasteiger partial charge < -0.3 is 14.8 Å². The largest absolute Gasteiger partial charge is 0.496 e. The Morgan fingerprint density at radius 1 is 1.47 bits per heavy atom. The average Bonchev–Trinajstić information content (AvgIpc) is 3.12. The molecule has 0 bridgehead atoms. The lowest BCUT2D eigenvalue weighted by Crippen LogP contribution is -2.09. The van der Waals surface area contributed by atoms with Crippen LogP contribution in [0.1, 0.15) is 30.7 Å². The first-order valence-electron chi connectivity index (χ1n) is 6.56. The minimum Gasteiger partial charge on any atom is -0.496 e. The summed E-state index contributed by atoms with van der Waals surface area (Å²) in [5.41, 5.74) is 2.05. The predicted octanol–water partition coefficient (Wildman–Crippen LogP) is 3.14. The molecule has 1 unspecified atom stereocenters. The molecule has 0 saturated heterocycles. The summed E-state index contributed by atoms with van der Waals surface area (Å²) >= 11 is 0. The lowest BCUT2D eigenvalue weighted by molar-refractivity contribution is -0.137. The van der Waals surface area contributed by atoms with E-state index < -0.39 is 5.97 Å². The highest BCUT2D eigenvalue weighted by Gasteiger charge is 2.35. The van der Waals surface area contributed by atoms with Crippen molar-refractivity contribution in [2.24, 2.45) is 5.92 Å². The highest BCUT2D eigenvalue weighted by molar-refractivity contribution is 5.87. The second-order valence-electron chi connectivity index (χ2n) is 5.17. The first-order valence-corrected chi connectivity index (χ1v) is 6.56. The van der Waals surface area contributed by atoms with Crippen LogP contribution < -0.4 is 4.74 Å². The van der Waals surface area contributed by atoms with Crippen molar-refractivity contribution in [1.29, 1.82) is 0 Å². The Morgan fingerprint density at radius 3 is 2.89 bits per heavy atom.